The average molecular weight is 507 g/mol. The lowest BCUT2D eigenvalue weighted by molar-refractivity contribution is -0.126. The summed E-state index contributed by atoms with van der Waals surface area (Å²) in [6.45, 7) is 0. The number of aliphatic hydroxyl groups is 3. The number of epoxide rings is 1. The Morgan fingerprint density at radius 2 is 1.95 bits per heavy atom. The molecule has 1 amide bonds. The Morgan fingerprint density at radius 1 is 1.22 bits per heavy atom. The number of aromatic nitrogens is 1. The molecule has 192 valence electrons. The second-order valence-corrected chi connectivity index (χ2v) is 10.3. The van der Waals surface area contributed by atoms with Crippen molar-refractivity contribution in [1.29, 1.82) is 0 Å². The summed E-state index contributed by atoms with van der Waals surface area (Å²) >= 11 is 0. The number of fused-ring (bicyclic) bond motifs is 2. The molecule has 4 aliphatic rings. The predicted molar refractivity (Wildman–Crippen MR) is 132 cm³/mol. The molecule has 11 heteroatoms. The molecule has 11 nitrogen and oxygen atoms in total. The number of nitrogens with zero attached hydrogens (tertiary/aromatic N) is 2. The molecule has 1 aliphatic heterocycles. The van der Waals surface area contributed by atoms with Crippen LogP contribution in [0, 0.1) is 11.8 Å². The third kappa shape index (κ3) is 2.80. The molecule has 1 spiro atoms. The minimum atomic E-state index is -2.37. The first-order valence-electron chi connectivity index (χ1n) is 11.8. The fraction of sp³-hybridized carbons (Fsp3) is 0.346. The monoisotopic (exact) mass is 506 g/mol. The molecule has 4 atom stereocenters. The van der Waals surface area contributed by atoms with Gasteiger partial charge in [-0.1, -0.05) is 0 Å². The number of ketones is 1. The van der Waals surface area contributed by atoms with Gasteiger partial charge >= 0.3 is 0 Å². The number of aromatic hydroxyl groups is 1. The lowest BCUT2D eigenvalue weighted by Crippen LogP contribution is -2.53. The first-order valence-corrected chi connectivity index (χ1v) is 11.8. The summed E-state index contributed by atoms with van der Waals surface area (Å²) in [5, 5.41) is 44.4. The van der Waals surface area contributed by atoms with Crippen molar-refractivity contribution in [1.82, 2.24) is 4.98 Å². The van der Waals surface area contributed by atoms with E-state index in [-0.39, 0.29) is 23.3 Å². The molecule has 2 heterocycles. The summed E-state index contributed by atoms with van der Waals surface area (Å²) in [7, 11) is 3.67. The molecule has 0 bridgehead atoms. The number of primary amides is 1. The van der Waals surface area contributed by atoms with Crippen LogP contribution in [0.25, 0.3) is 16.9 Å². The minimum Gasteiger partial charge on any atom is -0.512 e. The van der Waals surface area contributed by atoms with E-state index >= 15 is 0 Å². The Balaban J connectivity index is 1.55. The topological polar surface area (TPSA) is 196 Å². The van der Waals surface area contributed by atoms with Gasteiger partial charge in [-0.2, -0.15) is 0 Å². The SMILES string of the molecule is CN(C)c1cc(-c2ccc(N)nc2)c(O)c2c1CC1CC3CC(O)=C(C(N)=O)C4(O)O[C@]34C(=O)C1=C2O. The predicted octanol–water partition coefficient (Wildman–Crippen LogP) is 1.29. The highest BCUT2D eigenvalue weighted by molar-refractivity contribution is 6.14. The second-order valence-electron chi connectivity index (χ2n) is 10.3. The van der Waals surface area contributed by atoms with Crippen molar-refractivity contribution in [2.75, 3.05) is 24.7 Å². The number of hydrogen-bond donors (Lipinski definition) is 6. The van der Waals surface area contributed by atoms with Crippen molar-refractivity contribution in [3.8, 4) is 16.9 Å². The highest BCUT2D eigenvalue weighted by Crippen LogP contribution is 2.66. The molecule has 1 saturated heterocycles. The van der Waals surface area contributed by atoms with Crippen LogP contribution < -0.4 is 16.4 Å². The molecule has 8 N–H and O–H groups in total. The van der Waals surface area contributed by atoms with E-state index < -0.39 is 52.0 Å². The summed E-state index contributed by atoms with van der Waals surface area (Å²) in [4.78, 5) is 31.8. The zero-order valence-corrected chi connectivity index (χ0v) is 20.1. The number of phenolic OH excluding ortho intramolecular Hbond substituents is 1. The smallest absolute Gasteiger partial charge is 0.253 e. The number of anilines is 2. The van der Waals surface area contributed by atoms with Crippen molar-refractivity contribution >= 4 is 29.0 Å². The molecule has 1 aromatic heterocycles. The standard InChI is InChI=1S/C26H26N4O7/c1-30(2)15-8-13(10-3-4-17(27)29-9-10)21(32)19-14(15)6-11-5-12-7-16(31)20(24(28)35)26(36)25(12,37-26)23(34)18(11)22(19)33/h3-4,8-9,11-12,31-33,36H,5-7H2,1-2H3,(H2,27,29)(H2,28,35)/t11?,12?,25-,26?/m0/s1. The zero-order chi connectivity index (χ0) is 26.6. The molecular weight excluding hydrogens is 480 g/mol. The Labute approximate surface area is 211 Å². The van der Waals surface area contributed by atoms with Gasteiger partial charge in [-0.25, -0.2) is 4.98 Å². The van der Waals surface area contributed by atoms with E-state index in [1.807, 2.05) is 19.0 Å². The van der Waals surface area contributed by atoms with Gasteiger partial charge in [-0.3, -0.25) is 9.59 Å². The van der Waals surface area contributed by atoms with Crippen molar-refractivity contribution in [3.05, 3.63) is 52.4 Å². The Morgan fingerprint density at radius 3 is 2.57 bits per heavy atom. The van der Waals surface area contributed by atoms with Crippen LogP contribution in [0.1, 0.15) is 24.0 Å². The number of carbonyl (C=O) groups excluding carboxylic acids is 2. The Hall–Kier alpha value is -4.09. The summed E-state index contributed by atoms with van der Waals surface area (Å²) in [5.74, 6) is -5.97. The van der Waals surface area contributed by atoms with E-state index in [1.54, 1.807) is 18.2 Å². The number of benzene rings is 1. The van der Waals surface area contributed by atoms with Gasteiger partial charge in [0.15, 0.2) is 5.60 Å². The first-order chi connectivity index (χ1) is 17.4. The largest absolute Gasteiger partial charge is 0.512 e. The summed E-state index contributed by atoms with van der Waals surface area (Å²) < 4.78 is 5.55. The van der Waals surface area contributed by atoms with Crippen LogP contribution in [-0.2, 0) is 20.7 Å². The van der Waals surface area contributed by atoms with Crippen LogP contribution in [-0.4, -0.2) is 62.6 Å². The fourth-order valence-corrected chi connectivity index (χ4v) is 6.48. The van der Waals surface area contributed by atoms with E-state index in [9.17, 15) is 30.0 Å². The minimum absolute atomic E-state index is 0.0115. The van der Waals surface area contributed by atoms with Crippen LogP contribution in [0.15, 0.2) is 41.3 Å². The van der Waals surface area contributed by atoms with Crippen LogP contribution in [0.5, 0.6) is 5.75 Å². The first kappa shape index (κ1) is 23.3. The highest BCUT2D eigenvalue weighted by atomic mass is 16.8. The van der Waals surface area contributed by atoms with E-state index in [0.717, 1.165) is 5.69 Å². The third-order valence-corrected chi connectivity index (χ3v) is 8.12. The maximum Gasteiger partial charge on any atom is 0.253 e. The number of nitrogen functional groups attached to an aromatic ring is 1. The summed E-state index contributed by atoms with van der Waals surface area (Å²) in [6.07, 6.45) is 2.05. The maximum atomic E-state index is 13.9. The molecule has 0 radical (unpaired) electrons. The number of aliphatic hydroxyl groups excluding tert-OH is 2. The van der Waals surface area contributed by atoms with Gasteiger partial charge in [0.2, 0.25) is 11.6 Å². The molecule has 6 rings (SSSR count). The van der Waals surface area contributed by atoms with Crippen molar-refractivity contribution < 1.29 is 34.8 Å². The van der Waals surface area contributed by atoms with Gasteiger partial charge in [-0.15, -0.1) is 0 Å². The van der Waals surface area contributed by atoms with Crippen molar-refractivity contribution in [2.45, 2.75) is 30.7 Å². The lowest BCUT2D eigenvalue weighted by Gasteiger charge is -2.41. The Kier molecular flexibility index (Phi) is 4.56. The molecule has 1 aromatic carbocycles. The number of Topliss-reactive ketones (excluding diaryl/α,β-unsaturated/α-hetero) is 1. The number of ether oxygens (including phenoxy) is 1. The number of hydrogen-bond acceptors (Lipinski definition) is 10. The van der Waals surface area contributed by atoms with Crippen LogP contribution in [0.4, 0.5) is 11.5 Å². The van der Waals surface area contributed by atoms with E-state index in [4.69, 9.17) is 16.2 Å². The summed E-state index contributed by atoms with van der Waals surface area (Å²) in [6, 6.07) is 5.08. The quantitative estimate of drug-likeness (QED) is 0.330. The maximum absolute atomic E-state index is 13.9. The summed E-state index contributed by atoms with van der Waals surface area (Å²) in [5.41, 5.74) is 11.2. The van der Waals surface area contributed by atoms with Crippen molar-refractivity contribution in [3.63, 3.8) is 0 Å². The number of allylic oxidation sites excluding steroid dienone is 1. The zero-order valence-electron chi connectivity index (χ0n) is 20.1. The van der Waals surface area contributed by atoms with Gasteiger partial charge < -0.3 is 41.5 Å². The Bertz CT molecular complexity index is 1480. The number of amides is 1. The lowest BCUT2D eigenvalue weighted by atomic mass is 9.60. The van der Waals surface area contributed by atoms with Crippen LogP contribution in [0.3, 0.4) is 0 Å². The van der Waals surface area contributed by atoms with E-state index in [2.05, 4.69) is 4.98 Å². The van der Waals surface area contributed by atoms with Crippen LogP contribution >= 0.6 is 0 Å². The second kappa shape index (κ2) is 7.24. The van der Waals surface area contributed by atoms with Gasteiger partial charge in [0.05, 0.1) is 5.56 Å². The van der Waals surface area contributed by atoms with E-state index in [0.29, 0.717) is 35.3 Å². The number of nitrogens with two attached hydrogens (primary N) is 2. The molecule has 2 aromatic rings. The van der Waals surface area contributed by atoms with Gasteiger partial charge in [0, 0.05) is 55.0 Å². The van der Waals surface area contributed by atoms with Gasteiger partial charge in [0.1, 0.15) is 28.7 Å². The fourth-order valence-electron chi connectivity index (χ4n) is 6.48. The molecule has 2 fully saturated rings. The van der Waals surface area contributed by atoms with Gasteiger partial charge in [0.25, 0.3) is 5.91 Å². The molecule has 37 heavy (non-hydrogen) atoms. The van der Waals surface area contributed by atoms with Gasteiger partial charge in [-0.05, 0) is 42.5 Å². The molecular formula is C26H26N4O7. The average Bonchev–Trinajstić information content (AvgIpc) is 3.45. The number of rotatable bonds is 3. The van der Waals surface area contributed by atoms with Crippen LogP contribution in [0.2, 0.25) is 0 Å². The normalized spacial score (nSPS) is 29.8. The number of carbonyl (C=O) groups is 2. The molecule has 3 aliphatic carbocycles. The number of phenols is 1. The third-order valence-electron chi connectivity index (χ3n) is 8.12. The van der Waals surface area contributed by atoms with Crippen molar-refractivity contribution in [2.24, 2.45) is 17.6 Å². The number of pyridine rings is 1. The molecule has 1 saturated carbocycles. The van der Waals surface area contributed by atoms with E-state index in [1.165, 1.54) is 6.20 Å². The highest BCUT2D eigenvalue weighted by Gasteiger charge is 2.84. The molecule has 3 unspecified atom stereocenters.